The first-order valence-corrected chi connectivity index (χ1v) is 7.99. The number of halogens is 1. The predicted molar refractivity (Wildman–Crippen MR) is 90.1 cm³/mol. The highest BCUT2D eigenvalue weighted by Crippen LogP contribution is 2.18. The van der Waals surface area contributed by atoms with E-state index in [1.165, 1.54) is 0 Å². The van der Waals surface area contributed by atoms with Crippen LogP contribution in [0, 0.1) is 0 Å². The molecule has 1 aliphatic rings. The van der Waals surface area contributed by atoms with Crippen LogP contribution in [0.4, 0.5) is 0 Å². The number of aliphatic imine (C=N–C) groups is 1. The van der Waals surface area contributed by atoms with Crippen LogP contribution in [-0.4, -0.2) is 42.9 Å². The quantitative estimate of drug-likeness (QED) is 0.622. The zero-order valence-electron chi connectivity index (χ0n) is 13.1. The number of rotatable bonds is 6. The van der Waals surface area contributed by atoms with E-state index in [0.717, 1.165) is 35.9 Å². The highest BCUT2D eigenvalue weighted by molar-refractivity contribution is 6.30. The summed E-state index contributed by atoms with van der Waals surface area (Å²) < 4.78 is 0. The summed E-state index contributed by atoms with van der Waals surface area (Å²) in [5.74, 6) is 0.709. The van der Waals surface area contributed by atoms with Gasteiger partial charge in [-0.3, -0.25) is 4.79 Å². The molecule has 0 aliphatic heterocycles. The minimum atomic E-state index is -0.0159. The summed E-state index contributed by atoms with van der Waals surface area (Å²) in [7, 11) is 1.95. The molecular formula is C16H23ClN4O. The van der Waals surface area contributed by atoms with Crippen molar-refractivity contribution in [1.29, 1.82) is 0 Å². The van der Waals surface area contributed by atoms with Crippen molar-refractivity contribution in [1.82, 2.24) is 15.5 Å². The van der Waals surface area contributed by atoms with Gasteiger partial charge in [0.25, 0.3) is 0 Å². The summed E-state index contributed by atoms with van der Waals surface area (Å²) in [5, 5.41) is 6.87. The first-order valence-electron chi connectivity index (χ1n) is 7.61. The van der Waals surface area contributed by atoms with E-state index in [-0.39, 0.29) is 12.5 Å². The maximum atomic E-state index is 11.7. The first-order chi connectivity index (χ1) is 10.6. The van der Waals surface area contributed by atoms with E-state index in [9.17, 15) is 4.79 Å². The summed E-state index contributed by atoms with van der Waals surface area (Å²) >= 11 is 5.90. The van der Waals surface area contributed by atoms with Gasteiger partial charge in [-0.25, -0.2) is 4.99 Å². The molecule has 1 aliphatic carbocycles. The normalized spacial score (nSPS) is 14.6. The van der Waals surface area contributed by atoms with Crippen molar-refractivity contribution in [2.24, 2.45) is 4.99 Å². The van der Waals surface area contributed by atoms with Crippen LogP contribution in [0.15, 0.2) is 29.3 Å². The Balaban J connectivity index is 1.92. The third-order valence-electron chi connectivity index (χ3n) is 3.34. The van der Waals surface area contributed by atoms with Gasteiger partial charge < -0.3 is 15.5 Å². The minimum Gasteiger partial charge on any atom is -0.357 e. The summed E-state index contributed by atoms with van der Waals surface area (Å²) in [6.45, 7) is 3.63. The van der Waals surface area contributed by atoms with Crippen LogP contribution < -0.4 is 10.6 Å². The molecule has 6 heteroatoms. The lowest BCUT2D eigenvalue weighted by Crippen LogP contribution is -2.39. The fraction of sp³-hybridized carbons (Fsp3) is 0.500. The van der Waals surface area contributed by atoms with Gasteiger partial charge >= 0.3 is 0 Å². The lowest BCUT2D eigenvalue weighted by Gasteiger charge is -2.22. The molecule has 0 unspecified atom stereocenters. The highest BCUT2D eigenvalue weighted by atomic mass is 35.5. The standard InChI is InChI=1S/C16H23ClN4O/c1-3-18-16(19-10-15(22)20-14-8-9-14)21(2)11-12-4-6-13(17)7-5-12/h4-7,14H,3,8-11H2,1-2H3,(H,18,19)(H,20,22). The van der Waals surface area contributed by atoms with Crippen molar-refractivity contribution in [2.45, 2.75) is 32.4 Å². The summed E-state index contributed by atoms with van der Waals surface area (Å²) in [4.78, 5) is 18.1. The molecule has 0 saturated heterocycles. The van der Waals surface area contributed by atoms with E-state index in [0.29, 0.717) is 12.6 Å². The van der Waals surface area contributed by atoms with Gasteiger partial charge in [0.05, 0.1) is 0 Å². The average molecular weight is 323 g/mol. The fourth-order valence-electron chi connectivity index (χ4n) is 2.06. The molecule has 1 fully saturated rings. The largest absolute Gasteiger partial charge is 0.357 e. The molecular weight excluding hydrogens is 300 g/mol. The van der Waals surface area contributed by atoms with Crippen molar-refractivity contribution in [2.75, 3.05) is 20.1 Å². The van der Waals surface area contributed by atoms with Crippen LogP contribution in [0.25, 0.3) is 0 Å². The smallest absolute Gasteiger partial charge is 0.242 e. The van der Waals surface area contributed by atoms with Gasteiger partial charge in [0.2, 0.25) is 5.91 Å². The Hall–Kier alpha value is -1.75. The molecule has 0 bridgehead atoms. The lowest BCUT2D eigenvalue weighted by molar-refractivity contribution is -0.119. The molecule has 0 radical (unpaired) electrons. The van der Waals surface area contributed by atoms with Gasteiger partial charge in [-0.1, -0.05) is 23.7 Å². The Bertz CT molecular complexity index is 525. The second-order valence-corrected chi connectivity index (χ2v) is 5.93. The number of hydrogen-bond acceptors (Lipinski definition) is 2. The molecule has 5 nitrogen and oxygen atoms in total. The predicted octanol–water partition coefficient (Wildman–Crippen LogP) is 2.02. The first kappa shape index (κ1) is 16.6. The number of nitrogens with one attached hydrogen (secondary N) is 2. The van der Waals surface area contributed by atoms with E-state index < -0.39 is 0 Å². The Morgan fingerprint density at radius 2 is 2.05 bits per heavy atom. The molecule has 22 heavy (non-hydrogen) atoms. The van der Waals surface area contributed by atoms with Crippen LogP contribution in [0.2, 0.25) is 5.02 Å². The number of amides is 1. The van der Waals surface area contributed by atoms with Gasteiger partial charge in [-0.2, -0.15) is 0 Å². The van der Waals surface area contributed by atoms with Crippen LogP contribution in [0.1, 0.15) is 25.3 Å². The zero-order valence-corrected chi connectivity index (χ0v) is 13.9. The third kappa shape index (κ3) is 5.56. The summed E-state index contributed by atoms with van der Waals surface area (Å²) in [6.07, 6.45) is 2.18. The van der Waals surface area contributed by atoms with Crippen LogP contribution in [0.3, 0.4) is 0 Å². The second-order valence-electron chi connectivity index (χ2n) is 5.49. The molecule has 2 N–H and O–H groups in total. The minimum absolute atomic E-state index is 0.0159. The van der Waals surface area contributed by atoms with E-state index in [4.69, 9.17) is 11.6 Å². The molecule has 1 aromatic rings. The van der Waals surface area contributed by atoms with Crippen molar-refractivity contribution >= 4 is 23.5 Å². The SMILES string of the molecule is CCNC(=NCC(=O)NC1CC1)N(C)Cc1ccc(Cl)cc1. The Kier molecular flexibility index (Phi) is 6.07. The van der Waals surface area contributed by atoms with Crippen molar-refractivity contribution in [3.63, 3.8) is 0 Å². The van der Waals surface area contributed by atoms with E-state index in [2.05, 4.69) is 15.6 Å². The van der Waals surface area contributed by atoms with Crippen LogP contribution in [0.5, 0.6) is 0 Å². The zero-order chi connectivity index (χ0) is 15.9. The van der Waals surface area contributed by atoms with Crippen LogP contribution in [-0.2, 0) is 11.3 Å². The number of carbonyl (C=O) groups is 1. The summed E-state index contributed by atoms with van der Waals surface area (Å²) in [6, 6.07) is 8.09. The van der Waals surface area contributed by atoms with Crippen LogP contribution >= 0.6 is 11.6 Å². The van der Waals surface area contributed by atoms with E-state index >= 15 is 0 Å². The molecule has 1 saturated carbocycles. The number of carbonyl (C=O) groups excluding carboxylic acids is 1. The molecule has 0 aromatic heterocycles. The lowest BCUT2D eigenvalue weighted by atomic mass is 10.2. The molecule has 1 aromatic carbocycles. The van der Waals surface area contributed by atoms with Gasteiger partial charge in [0, 0.05) is 31.2 Å². The third-order valence-corrected chi connectivity index (χ3v) is 3.60. The molecule has 0 heterocycles. The van der Waals surface area contributed by atoms with Gasteiger partial charge in [-0.15, -0.1) is 0 Å². The van der Waals surface area contributed by atoms with E-state index in [1.54, 1.807) is 0 Å². The Labute approximate surface area is 136 Å². The average Bonchev–Trinajstić information content (AvgIpc) is 3.29. The monoisotopic (exact) mass is 322 g/mol. The van der Waals surface area contributed by atoms with Gasteiger partial charge in [0.15, 0.2) is 5.96 Å². The molecule has 120 valence electrons. The van der Waals surface area contributed by atoms with Gasteiger partial charge in [0.1, 0.15) is 6.54 Å². The van der Waals surface area contributed by atoms with E-state index in [1.807, 2.05) is 43.1 Å². The topological polar surface area (TPSA) is 56.7 Å². The number of guanidine groups is 1. The maximum Gasteiger partial charge on any atom is 0.242 e. The molecule has 0 atom stereocenters. The second kappa shape index (κ2) is 8.03. The number of nitrogens with zero attached hydrogens (tertiary/aromatic N) is 2. The number of benzene rings is 1. The Morgan fingerprint density at radius 1 is 1.36 bits per heavy atom. The maximum absolute atomic E-state index is 11.7. The van der Waals surface area contributed by atoms with Crippen molar-refractivity contribution in [3.8, 4) is 0 Å². The Morgan fingerprint density at radius 3 is 2.64 bits per heavy atom. The molecule has 0 spiro atoms. The summed E-state index contributed by atoms with van der Waals surface area (Å²) in [5.41, 5.74) is 1.14. The number of hydrogen-bond donors (Lipinski definition) is 2. The van der Waals surface area contributed by atoms with Gasteiger partial charge in [-0.05, 0) is 37.5 Å². The van der Waals surface area contributed by atoms with Crippen molar-refractivity contribution in [3.05, 3.63) is 34.9 Å². The molecule has 2 rings (SSSR count). The highest BCUT2D eigenvalue weighted by Gasteiger charge is 2.22. The molecule has 1 amide bonds. The fourth-order valence-corrected chi connectivity index (χ4v) is 2.18. The van der Waals surface area contributed by atoms with Crippen molar-refractivity contribution < 1.29 is 4.79 Å².